The van der Waals surface area contributed by atoms with Crippen molar-refractivity contribution in [2.24, 2.45) is 0 Å². The fourth-order valence-corrected chi connectivity index (χ4v) is 3.00. The number of hydrogen-bond acceptors (Lipinski definition) is 2. The summed E-state index contributed by atoms with van der Waals surface area (Å²) in [4.78, 5) is 0. The maximum atomic E-state index is 9.80. The fourth-order valence-electron chi connectivity index (χ4n) is 1.91. The van der Waals surface area contributed by atoms with E-state index in [2.05, 4.69) is 52.6 Å². The van der Waals surface area contributed by atoms with Crippen LogP contribution in [0.3, 0.4) is 0 Å². The van der Waals surface area contributed by atoms with Crippen LogP contribution in [-0.2, 0) is 4.43 Å². The normalized spacial score (nSPS) is 13.6. The molecule has 1 unspecified atom stereocenters. The zero-order chi connectivity index (χ0) is 17.1. The van der Waals surface area contributed by atoms with Crippen LogP contribution in [0.1, 0.15) is 79.1 Å². The molecule has 0 spiro atoms. The van der Waals surface area contributed by atoms with E-state index in [4.69, 9.17) is 4.43 Å². The summed E-state index contributed by atoms with van der Waals surface area (Å²) in [5.41, 5.74) is 0. The monoisotopic (exact) mass is 326 g/mol. The van der Waals surface area contributed by atoms with E-state index in [1.165, 1.54) is 25.7 Å². The minimum Gasteiger partial charge on any atom is -0.417 e. The van der Waals surface area contributed by atoms with Gasteiger partial charge in [0.2, 0.25) is 0 Å². The Kier molecular flexibility index (Phi) is 11.1. The zero-order valence-electron chi connectivity index (χ0n) is 15.8. The van der Waals surface area contributed by atoms with Crippen molar-refractivity contribution in [3.8, 4) is 11.8 Å². The number of rotatable bonds is 10. The summed E-state index contributed by atoms with van der Waals surface area (Å²) < 4.78 is 6.11. The van der Waals surface area contributed by atoms with Gasteiger partial charge < -0.3 is 9.53 Å². The first-order valence-electron chi connectivity index (χ1n) is 9.01. The van der Waals surface area contributed by atoms with Crippen LogP contribution in [0.15, 0.2) is 0 Å². The summed E-state index contributed by atoms with van der Waals surface area (Å²) in [6, 6.07) is 0. The standard InChI is InChI=1S/C19H38O2Si/c1-7-8-9-10-12-15-18(20)16-13-11-14-17-21-22(5,6)19(2,3)4/h18,20H,7-12,14-15,17H2,1-6H3. The van der Waals surface area contributed by atoms with E-state index in [-0.39, 0.29) is 5.04 Å². The largest absolute Gasteiger partial charge is 0.417 e. The van der Waals surface area contributed by atoms with Crippen molar-refractivity contribution in [2.45, 2.75) is 103 Å². The predicted molar refractivity (Wildman–Crippen MR) is 99.5 cm³/mol. The molecule has 22 heavy (non-hydrogen) atoms. The summed E-state index contributed by atoms with van der Waals surface area (Å²) in [5.74, 6) is 6.06. The molecule has 0 bridgehead atoms. The molecule has 1 atom stereocenters. The summed E-state index contributed by atoms with van der Waals surface area (Å²) in [7, 11) is -1.61. The highest BCUT2D eigenvalue weighted by Gasteiger charge is 2.36. The minimum absolute atomic E-state index is 0.270. The quantitative estimate of drug-likeness (QED) is 0.326. The number of hydrogen-bond donors (Lipinski definition) is 1. The van der Waals surface area contributed by atoms with Gasteiger partial charge >= 0.3 is 0 Å². The second kappa shape index (κ2) is 11.3. The Bertz CT molecular complexity index is 334. The first kappa shape index (κ1) is 21.7. The van der Waals surface area contributed by atoms with E-state index in [1.54, 1.807) is 0 Å². The van der Waals surface area contributed by atoms with Gasteiger partial charge in [-0.15, -0.1) is 5.92 Å². The Labute approximate surface area is 140 Å². The summed E-state index contributed by atoms with van der Waals surface area (Å²) in [5, 5.41) is 10.1. The molecule has 0 amide bonds. The molecule has 0 aliphatic rings. The minimum atomic E-state index is -1.61. The van der Waals surface area contributed by atoms with Crippen molar-refractivity contribution in [1.29, 1.82) is 0 Å². The van der Waals surface area contributed by atoms with Gasteiger partial charge in [0.25, 0.3) is 0 Å². The summed E-state index contributed by atoms with van der Waals surface area (Å²) in [6.45, 7) is 14.3. The zero-order valence-corrected chi connectivity index (χ0v) is 16.8. The average molecular weight is 327 g/mol. The molecule has 0 aliphatic heterocycles. The molecule has 0 rings (SSSR count). The van der Waals surface area contributed by atoms with Crippen molar-refractivity contribution in [3.05, 3.63) is 0 Å². The van der Waals surface area contributed by atoms with Crippen LogP contribution in [0.4, 0.5) is 0 Å². The van der Waals surface area contributed by atoms with Gasteiger partial charge in [0, 0.05) is 13.0 Å². The van der Waals surface area contributed by atoms with Crippen LogP contribution in [0.2, 0.25) is 18.1 Å². The Hall–Kier alpha value is -0.303. The lowest BCUT2D eigenvalue weighted by molar-refractivity contribution is 0.217. The lowest BCUT2D eigenvalue weighted by atomic mass is 10.1. The Morgan fingerprint density at radius 2 is 1.68 bits per heavy atom. The van der Waals surface area contributed by atoms with Gasteiger partial charge in [-0.1, -0.05) is 59.3 Å². The average Bonchev–Trinajstić information content (AvgIpc) is 2.41. The highest BCUT2D eigenvalue weighted by molar-refractivity contribution is 6.74. The highest BCUT2D eigenvalue weighted by Crippen LogP contribution is 2.36. The third-order valence-electron chi connectivity index (χ3n) is 4.56. The van der Waals surface area contributed by atoms with E-state index in [0.29, 0.717) is 0 Å². The van der Waals surface area contributed by atoms with Crippen LogP contribution in [0.25, 0.3) is 0 Å². The molecule has 0 saturated carbocycles. The lowest BCUT2D eigenvalue weighted by Crippen LogP contribution is -2.40. The van der Waals surface area contributed by atoms with Crippen LogP contribution >= 0.6 is 0 Å². The SMILES string of the molecule is CCCCCCCC(O)C#CCCCO[Si](C)(C)C(C)(C)C. The molecule has 130 valence electrons. The molecule has 3 heteroatoms. The maximum absolute atomic E-state index is 9.80. The van der Waals surface area contributed by atoms with Gasteiger partial charge in [-0.25, -0.2) is 0 Å². The van der Waals surface area contributed by atoms with Crippen molar-refractivity contribution in [3.63, 3.8) is 0 Å². The molecule has 0 radical (unpaired) electrons. The van der Waals surface area contributed by atoms with E-state index in [1.807, 2.05) is 0 Å². The molecule has 1 N–H and O–H groups in total. The Balaban J connectivity index is 3.71. The molecule has 0 saturated heterocycles. The van der Waals surface area contributed by atoms with Crippen molar-refractivity contribution >= 4 is 8.32 Å². The van der Waals surface area contributed by atoms with Crippen molar-refractivity contribution in [2.75, 3.05) is 6.61 Å². The number of unbranched alkanes of at least 4 members (excludes halogenated alkanes) is 5. The second-order valence-electron chi connectivity index (χ2n) is 7.75. The summed E-state index contributed by atoms with van der Waals surface area (Å²) in [6.07, 6.45) is 8.30. The van der Waals surface area contributed by atoms with Gasteiger partial charge in [-0.05, 0) is 37.4 Å². The van der Waals surface area contributed by atoms with Crippen molar-refractivity contribution < 1.29 is 9.53 Å². The summed E-state index contributed by atoms with van der Waals surface area (Å²) >= 11 is 0. The molecular weight excluding hydrogens is 288 g/mol. The molecule has 0 fully saturated rings. The first-order chi connectivity index (χ1) is 10.2. The maximum Gasteiger partial charge on any atom is 0.191 e. The van der Waals surface area contributed by atoms with Crippen LogP contribution in [0.5, 0.6) is 0 Å². The van der Waals surface area contributed by atoms with Gasteiger partial charge in [0.05, 0.1) is 0 Å². The highest BCUT2D eigenvalue weighted by atomic mass is 28.4. The van der Waals surface area contributed by atoms with E-state index < -0.39 is 14.4 Å². The van der Waals surface area contributed by atoms with Crippen molar-refractivity contribution in [1.82, 2.24) is 0 Å². The number of aliphatic hydroxyl groups excluding tert-OH is 1. The number of aliphatic hydroxyl groups is 1. The smallest absolute Gasteiger partial charge is 0.191 e. The van der Waals surface area contributed by atoms with Crippen LogP contribution in [-0.4, -0.2) is 26.1 Å². The van der Waals surface area contributed by atoms with E-state index in [0.717, 1.165) is 32.3 Å². The van der Waals surface area contributed by atoms with Gasteiger partial charge in [-0.2, -0.15) is 0 Å². The topological polar surface area (TPSA) is 29.5 Å². The third-order valence-corrected chi connectivity index (χ3v) is 9.10. The molecule has 0 aliphatic carbocycles. The molecule has 0 aromatic rings. The molecule has 0 aromatic carbocycles. The van der Waals surface area contributed by atoms with Gasteiger partial charge in [0.15, 0.2) is 8.32 Å². The van der Waals surface area contributed by atoms with Crippen LogP contribution < -0.4 is 0 Å². The Morgan fingerprint density at radius 1 is 1.05 bits per heavy atom. The molecule has 0 aromatic heterocycles. The Morgan fingerprint density at radius 3 is 2.27 bits per heavy atom. The second-order valence-corrected chi connectivity index (χ2v) is 12.6. The van der Waals surface area contributed by atoms with E-state index >= 15 is 0 Å². The molecule has 2 nitrogen and oxygen atoms in total. The fraction of sp³-hybridized carbons (Fsp3) is 0.895. The van der Waals surface area contributed by atoms with Gasteiger partial charge in [-0.3, -0.25) is 0 Å². The van der Waals surface area contributed by atoms with E-state index in [9.17, 15) is 5.11 Å². The molecular formula is C19H38O2Si. The first-order valence-corrected chi connectivity index (χ1v) is 11.9. The third kappa shape index (κ3) is 10.4. The molecule has 0 heterocycles. The van der Waals surface area contributed by atoms with Gasteiger partial charge in [0.1, 0.15) is 6.10 Å². The predicted octanol–water partition coefficient (Wildman–Crippen LogP) is 5.51. The van der Waals surface area contributed by atoms with Crippen LogP contribution in [0, 0.1) is 11.8 Å². The lowest BCUT2D eigenvalue weighted by Gasteiger charge is -2.36.